The van der Waals surface area contributed by atoms with Gasteiger partial charge in [-0.15, -0.1) is 0 Å². The van der Waals surface area contributed by atoms with Crippen molar-refractivity contribution in [3.8, 4) is 11.5 Å². The number of ether oxygens (including phenoxy) is 2. The van der Waals surface area contributed by atoms with Crippen LogP contribution in [-0.4, -0.2) is 42.6 Å². The zero-order chi connectivity index (χ0) is 17.9. The molecule has 25 heavy (non-hydrogen) atoms. The van der Waals surface area contributed by atoms with Crippen LogP contribution in [0.5, 0.6) is 11.5 Å². The monoisotopic (exact) mass is 342 g/mol. The lowest BCUT2D eigenvalue weighted by atomic mass is 10.2. The summed E-state index contributed by atoms with van der Waals surface area (Å²) in [4.78, 5) is 18.2. The van der Waals surface area contributed by atoms with E-state index in [2.05, 4.69) is 4.98 Å². The molecule has 1 aromatic heterocycles. The van der Waals surface area contributed by atoms with Gasteiger partial charge in [-0.05, 0) is 61.7 Å². The standard InChI is InChI=1S/C20H26N2O3/c1-3-22(15-12-17-10-13-21-14-11-17)20(23)5-4-16-25-19-8-6-18(24-2)7-9-19/h6-11,13-14H,3-5,12,15-16H2,1-2H3. The zero-order valence-electron chi connectivity index (χ0n) is 15.0. The third-order valence-corrected chi connectivity index (χ3v) is 4.02. The predicted octanol–water partition coefficient (Wildman–Crippen LogP) is 3.34. The highest BCUT2D eigenvalue weighted by Gasteiger charge is 2.11. The maximum absolute atomic E-state index is 12.3. The lowest BCUT2D eigenvalue weighted by Gasteiger charge is -2.21. The van der Waals surface area contributed by atoms with E-state index in [4.69, 9.17) is 9.47 Å². The molecule has 0 aliphatic rings. The highest BCUT2D eigenvalue weighted by Crippen LogP contribution is 2.17. The molecule has 2 aromatic rings. The van der Waals surface area contributed by atoms with Gasteiger partial charge in [-0.1, -0.05) is 0 Å². The minimum Gasteiger partial charge on any atom is -0.497 e. The molecule has 134 valence electrons. The molecule has 0 fully saturated rings. The molecule has 1 amide bonds. The lowest BCUT2D eigenvalue weighted by Crippen LogP contribution is -2.32. The van der Waals surface area contributed by atoms with Crippen molar-refractivity contribution in [2.45, 2.75) is 26.2 Å². The number of pyridine rings is 1. The molecule has 0 bridgehead atoms. The number of methoxy groups -OCH3 is 1. The van der Waals surface area contributed by atoms with E-state index in [-0.39, 0.29) is 5.91 Å². The summed E-state index contributed by atoms with van der Waals surface area (Å²) in [6, 6.07) is 11.4. The average Bonchev–Trinajstić information content (AvgIpc) is 2.67. The van der Waals surface area contributed by atoms with Crippen LogP contribution in [0.15, 0.2) is 48.8 Å². The normalized spacial score (nSPS) is 10.3. The van der Waals surface area contributed by atoms with Crippen molar-refractivity contribution < 1.29 is 14.3 Å². The van der Waals surface area contributed by atoms with Crippen LogP contribution in [0.3, 0.4) is 0 Å². The third-order valence-electron chi connectivity index (χ3n) is 4.02. The van der Waals surface area contributed by atoms with Crippen LogP contribution in [0.1, 0.15) is 25.3 Å². The van der Waals surface area contributed by atoms with E-state index < -0.39 is 0 Å². The first kappa shape index (κ1) is 18.8. The van der Waals surface area contributed by atoms with Crippen molar-refractivity contribution in [2.24, 2.45) is 0 Å². The number of rotatable bonds is 10. The topological polar surface area (TPSA) is 51.7 Å². The summed E-state index contributed by atoms with van der Waals surface area (Å²) in [6.07, 6.45) is 5.62. The Morgan fingerprint density at radius 2 is 1.76 bits per heavy atom. The van der Waals surface area contributed by atoms with Crippen LogP contribution in [-0.2, 0) is 11.2 Å². The predicted molar refractivity (Wildman–Crippen MR) is 97.9 cm³/mol. The Labute approximate surface area is 149 Å². The number of nitrogens with zero attached hydrogens (tertiary/aromatic N) is 2. The second-order valence-electron chi connectivity index (χ2n) is 5.71. The van der Waals surface area contributed by atoms with E-state index in [1.54, 1.807) is 19.5 Å². The molecule has 0 aliphatic heterocycles. The second-order valence-corrected chi connectivity index (χ2v) is 5.71. The Morgan fingerprint density at radius 1 is 1.08 bits per heavy atom. The Kier molecular flexibility index (Phi) is 7.76. The highest BCUT2D eigenvalue weighted by molar-refractivity contribution is 5.76. The molecule has 0 atom stereocenters. The van der Waals surface area contributed by atoms with Gasteiger partial charge in [0.05, 0.1) is 13.7 Å². The maximum Gasteiger partial charge on any atom is 0.222 e. The summed E-state index contributed by atoms with van der Waals surface area (Å²) in [5.41, 5.74) is 1.20. The Hall–Kier alpha value is -2.56. The van der Waals surface area contributed by atoms with Gasteiger partial charge in [0, 0.05) is 31.9 Å². The Balaban J connectivity index is 1.68. The minimum absolute atomic E-state index is 0.176. The summed E-state index contributed by atoms with van der Waals surface area (Å²) in [7, 11) is 1.63. The van der Waals surface area contributed by atoms with Gasteiger partial charge in [0.15, 0.2) is 0 Å². The fourth-order valence-electron chi connectivity index (χ4n) is 2.52. The summed E-state index contributed by atoms with van der Waals surface area (Å²) >= 11 is 0. The van der Waals surface area contributed by atoms with E-state index in [0.29, 0.717) is 19.4 Å². The highest BCUT2D eigenvalue weighted by atomic mass is 16.5. The van der Waals surface area contributed by atoms with Gasteiger partial charge in [0.1, 0.15) is 11.5 Å². The number of likely N-dealkylation sites (N-methyl/N-ethyl adjacent to an activating group) is 1. The summed E-state index contributed by atoms with van der Waals surface area (Å²) in [5, 5.41) is 0. The first-order valence-electron chi connectivity index (χ1n) is 8.66. The van der Waals surface area contributed by atoms with Crippen molar-refractivity contribution in [3.05, 3.63) is 54.4 Å². The first-order chi connectivity index (χ1) is 12.2. The van der Waals surface area contributed by atoms with Crippen LogP contribution < -0.4 is 9.47 Å². The number of hydrogen-bond donors (Lipinski definition) is 0. The molecular weight excluding hydrogens is 316 g/mol. The van der Waals surface area contributed by atoms with Gasteiger partial charge in [0.2, 0.25) is 5.91 Å². The van der Waals surface area contributed by atoms with Gasteiger partial charge in [0.25, 0.3) is 0 Å². The number of carbonyl (C=O) groups excluding carboxylic acids is 1. The summed E-state index contributed by atoms with van der Waals surface area (Å²) in [6.45, 7) is 4.00. The maximum atomic E-state index is 12.3. The van der Waals surface area contributed by atoms with Crippen LogP contribution in [0.4, 0.5) is 0 Å². The first-order valence-corrected chi connectivity index (χ1v) is 8.66. The van der Waals surface area contributed by atoms with E-state index >= 15 is 0 Å². The molecular formula is C20H26N2O3. The Bertz CT molecular complexity index is 629. The molecule has 2 rings (SSSR count). The van der Waals surface area contributed by atoms with E-state index in [1.165, 1.54) is 5.56 Å². The fourth-order valence-corrected chi connectivity index (χ4v) is 2.52. The molecule has 0 unspecified atom stereocenters. The molecule has 0 aliphatic carbocycles. The lowest BCUT2D eigenvalue weighted by molar-refractivity contribution is -0.131. The van der Waals surface area contributed by atoms with Crippen LogP contribution in [0, 0.1) is 0 Å². The average molecular weight is 342 g/mol. The van der Waals surface area contributed by atoms with Crippen LogP contribution in [0.2, 0.25) is 0 Å². The van der Waals surface area contributed by atoms with Crippen molar-refractivity contribution in [2.75, 3.05) is 26.8 Å². The van der Waals surface area contributed by atoms with Crippen molar-refractivity contribution in [1.29, 1.82) is 0 Å². The van der Waals surface area contributed by atoms with Gasteiger partial charge in [-0.25, -0.2) is 0 Å². The second kappa shape index (κ2) is 10.3. The quantitative estimate of drug-likeness (QED) is 0.622. The molecule has 1 heterocycles. The van der Waals surface area contributed by atoms with E-state index in [1.807, 2.05) is 48.2 Å². The zero-order valence-corrected chi connectivity index (χ0v) is 15.0. The fraction of sp³-hybridized carbons (Fsp3) is 0.400. The number of amides is 1. The van der Waals surface area contributed by atoms with Gasteiger partial charge in [-0.2, -0.15) is 0 Å². The number of benzene rings is 1. The minimum atomic E-state index is 0.176. The molecule has 1 aromatic carbocycles. The molecule has 5 heteroatoms. The third kappa shape index (κ3) is 6.45. The molecule has 0 saturated carbocycles. The molecule has 5 nitrogen and oxygen atoms in total. The van der Waals surface area contributed by atoms with Crippen molar-refractivity contribution in [3.63, 3.8) is 0 Å². The number of aromatic nitrogens is 1. The van der Waals surface area contributed by atoms with Crippen LogP contribution in [0.25, 0.3) is 0 Å². The number of carbonyl (C=O) groups is 1. The summed E-state index contributed by atoms with van der Waals surface area (Å²) in [5.74, 6) is 1.77. The molecule has 0 saturated heterocycles. The SMILES string of the molecule is CCN(CCc1ccncc1)C(=O)CCCOc1ccc(OC)cc1. The van der Waals surface area contributed by atoms with Gasteiger partial charge in [-0.3, -0.25) is 9.78 Å². The largest absolute Gasteiger partial charge is 0.497 e. The van der Waals surface area contributed by atoms with Crippen LogP contribution >= 0.6 is 0 Å². The van der Waals surface area contributed by atoms with Crippen molar-refractivity contribution in [1.82, 2.24) is 9.88 Å². The Morgan fingerprint density at radius 3 is 2.40 bits per heavy atom. The number of hydrogen-bond acceptors (Lipinski definition) is 4. The molecule has 0 radical (unpaired) electrons. The van der Waals surface area contributed by atoms with Gasteiger partial charge < -0.3 is 14.4 Å². The van der Waals surface area contributed by atoms with Crippen molar-refractivity contribution >= 4 is 5.91 Å². The smallest absolute Gasteiger partial charge is 0.222 e. The summed E-state index contributed by atoms with van der Waals surface area (Å²) < 4.78 is 10.8. The van der Waals surface area contributed by atoms with E-state index in [0.717, 1.165) is 31.0 Å². The molecule has 0 N–H and O–H groups in total. The molecule has 0 spiro atoms. The van der Waals surface area contributed by atoms with E-state index in [9.17, 15) is 4.79 Å². The van der Waals surface area contributed by atoms with Gasteiger partial charge >= 0.3 is 0 Å².